The molecule has 3 nitrogen and oxygen atoms in total. The van der Waals surface area contributed by atoms with Crippen LogP contribution in [0.4, 0.5) is 0 Å². The maximum atomic E-state index is 13.1. The van der Waals surface area contributed by atoms with Crippen LogP contribution in [0.25, 0.3) is 0 Å². The molecule has 0 aromatic heterocycles. The molecule has 156 valence electrons. The summed E-state index contributed by atoms with van der Waals surface area (Å²) in [5.74, 6) is 1.19. The van der Waals surface area contributed by atoms with Crippen molar-refractivity contribution >= 4 is 5.91 Å². The molecule has 0 spiro atoms. The first kappa shape index (κ1) is 22.7. The van der Waals surface area contributed by atoms with Crippen molar-refractivity contribution in [2.24, 2.45) is 17.8 Å². The van der Waals surface area contributed by atoms with Crippen LogP contribution in [0.15, 0.2) is 42.5 Å². The molecule has 1 fully saturated rings. The topological polar surface area (TPSA) is 40.5 Å². The first-order chi connectivity index (χ1) is 13.4. The summed E-state index contributed by atoms with van der Waals surface area (Å²) in [6.07, 6.45) is 12.6. The molecule has 1 aliphatic rings. The Kier molecular flexibility index (Phi) is 9.24. The van der Waals surface area contributed by atoms with Crippen molar-refractivity contribution in [2.75, 3.05) is 7.05 Å². The van der Waals surface area contributed by atoms with E-state index in [0.717, 1.165) is 24.3 Å². The number of hydrogen-bond donors (Lipinski definition) is 1. The van der Waals surface area contributed by atoms with Gasteiger partial charge >= 0.3 is 0 Å². The lowest BCUT2D eigenvalue weighted by atomic mass is 9.86. The highest BCUT2D eigenvalue weighted by molar-refractivity contribution is 5.79. The molecular formula is C25H39NO2. The molecule has 0 aliphatic heterocycles. The third-order valence-electron chi connectivity index (χ3n) is 6.43. The number of hydrogen-bond acceptors (Lipinski definition) is 2. The van der Waals surface area contributed by atoms with Gasteiger partial charge in [0.2, 0.25) is 5.91 Å². The van der Waals surface area contributed by atoms with Crippen LogP contribution < -0.4 is 0 Å². The molecule has 1 aliphatic carbocycles. The van der Waals surface area contributed by atoms with Crippen LogP contribution in [-0.4, -0.2) is 29.0 Å². The maximum Gasteiger partial charge on any atom is 0.226 e. The Morgan fingerprint density at radius 2 is 1.75 bits per heavy atom. The van der Waals surface area contributed by atoms with Gasteiger partial charge in [0.05, 0.1) is 12.1 Å². The highest BCUT2D eigenvalue weighted by Gasteiger charge is 2.30. The number of carbonyl (C=O) groups excluding carboxylic acids is 1. The van der Waals surface area contributed by atoms with Gasteiger partial charge in [-0.05, 0) is 37.2 Å². The van der Waals surface area contributed by atoms with Crippen molar-refractivity contribution in [1.82, 2.24) is 4.90 Å². The molecule has 1 aromatic rings. The Morgan fingerprint density at radius 1 is 1.11 bits per heavy atom. The smallest absolute Gasteiger partial charge is 0.226 e. The molecule has 0 heterocycles. The zero-order valence-electron chi connectivity index (χ0n) is 18.2. The first-order valence-corrected chi connectivity index (χ1v) is 11.1. The zero-order valence-corrected chi connectivity index (χ0v) is 18.2. The summed E-state index contributed by atoms with van der Waals surface area (Å²) in [6, 6.07) is 9.33. The van der Waals surface area contributed by atoms with Crippen LogP contribution in [-0.2, 0) is 4.79 Å². The maximum absolute atomic E-state index is 13.1. The second-order valence-electron chi connectivity index (χ2n) is 8.84. The molecular weight excluding hydrogens is 346 g/mol. The van der Waals surface area contributed by atoms with E-state index >= 15 is 0 Å². The molecule has 1 amide bonds. The Morgan fingerprint density at radius 3 is 2.36 bits per heavy atom. The van der Waals surface area contributed by atoms with Crippen molar-refractivity contribution in [1.29, 1.82) is 0 Å². The van der Waals surface area contributed by atoms with E-state index in [2.05, 4.69) is 26.0 Å². The lowest BCUT2D eigenvalue weighted by molar-refractivity contribution is -0.139. The van der Waals surface area contributed by atoms with Gasteiger partial charge in [0.15, 0.2) is 0 Å². The highest BCUT2D eigenvalue weighted by Crippen LogP contribution is 2.28. The molecule has 1 saturated carbocycles. The van der Waals surface area contributed by atoms with E-state index < -0.39 is 6.10 Å². The van der Waals surface area contributed by atoms with Crippen molar-refractivity contribution in [3.05, 3.63) is 48.0 Å². The fraction of sp³-hybridized carbons (Fsp3) is 0.640. The van der Waals surface area contributed by atoms with E-state index in [1.54, 1.807) is 4.90 Å². The minimum absolute atomic E-state index is 0.0435. The number of nitrogens with zero attached hydrogens (tertiary/aromatic N) is 1. The minimum atomic E-state index is -0.676. The quantitative estimate of drug-likeness (QED) is 0.549. The number of benzene rings is 1. The first-order valence-electron chi connectivity index (χ1n) is 11.1. The monoisotopic (exact) mass is 385 g/mol. The second-order valence-corrected chi connectivity index (χ2v) is 8.84. The largest absolute Gasteiger partial charge is 0.386 e. The van der Waals surface area contributed by atoms with E-state index in [0.29, 0.717) is 0 Å². The number of likely N-dealkylation sites (N-methyl/N-ethyl adjacent to an activating group) is 1. The number of amides is 1. The molecule has 0 unspecified atom stereocenters. The number of aliphatic hydroxyl groups excluding tert-OH is 1. The van der Waals surface area contributed by atoms with Gasteiger partial charge in [0.1, 0.15) is 0 Å². The summed E-state index contributed by atoms with van der Waals surface area (Å²) < 4.78 is 0. The summed E-state index contributed by atoms with van der Waals surface area (Å²) in [5, 5.41) is 10.7. The third kappa shape index (κ3) is 6.48. The predicted molar refractivity (Wildman–Crippen MR) is 117 cm³/mol. The SMILES string of the molecule is CC(C)[C@H](C/C=C/CC1CCCCC1)C(=O)N(C)[C@@H](C)[C@@H](O)c1ccccc1. The van der Waals surface area contributed by atoms with Crippen molar-refractivity contribution in [2.45, 2.75) is 77.9 Å². The van der Waals surface area contributed by atoms with E-state index in [1.165, 1.54) is 32.1 Å². The Balaban J connectivity index is 1.92. The number of allylic oxidation sites excluding steroid dienone is 2. The number of rotatable bonds is 9. The number of aliphatic hydroxyl groups is 1. The van der Waals surface area contributed by atoms with Crippen molar-refractivity contribution in [3.8, 4) is 0 Å². The lowest BCUT2D eigenvalue weighted by Gasteiger charge is -2.33. The summed E-state index contributed by atoms with van der Waals surface area (Å²) in [7, 11) is 1.82. The van der Waals surface area contributed by atoms with Crippen LogP contribution in [0.5, 0.6) is 0 Å². The van der Waals surface area contributed by atoms with Gasteiger partial charge in [-0.1, -0.05) is 88.4 Å². The molecule has 0 bridgehead atoms. The van der Waals surface area contributed by atoms with Crippen molar-refractivity contribution < 1.29 is 9.90 Å². The fourth-order valence-electron chi connectivity index (χ4n) is 4.22. The molecule has 0 saturated heterocycles. The van der Waals surface area contributed by atoms with Crippen LogP contribution >= 0.6 is 0 Å². The molecule has 3 atom stereocenters. The van der Waals surface area contributed by atoms with Crippen LogP contribution in [0.2, 0.25) is 0 Å². The second kappa shape index (κ2) is 11.4. The van der Waals surface area contributed by atoms with Crippen molar-refractivity contribution in [3.63, 3.8) is 0 Å². The highest BCUT2D eigenvalue weighted by atomic mass is 16.3. The summed E-state index contributed by atoms with van der Waals surface area (Å²) in [6.45, 7) is 6.15. The Hall–Kier alpha value is -1.61. The average Bonchev–Trinajstić information content (AvgIpc) is 2.72. The Bertz CT molecular complexity index is 604. The molecule has 3 heteroatoms. The standard InChI is InChI=1S/C25H39NO2/c1-19(2)23(18-12-11-15-21-13-7-5-8-14-21)25(28)26(4)20(3)24(27)22-16-9-6-10-17-22/h6,9-12,16-17,19-21,23-24,27H,5,7-8,13-15,18H2,1-4H3/b12-11+/t20-,23-,24+/m0/s1. The van der Waals surface area contributed by atoms with E-state index in [1.807, 2.05) is 44.3 Å². The minimum Gasteiger partial charge on any atom is -0.386 e. The van der Waals surface area contributed by atoms with Gasteiger partial charge in [0, 0.05) is 13.0 Å². The summed E-state index contributed by atoms with van der Waals surface area (Å²) >= 11 is 0. The normalized spacial score (nSPS) is 18.9. The molecule has 0 radical (unpaired) electrons. The van der Waals surface area contributed by atoms with Crippen LogP contribution in [0, 0.1) is 17.8 Å². The molecule has 1 aromatic carbocycles. The van der Waals surface area contributed by atoms with E-state index in [9.17, 15) is 9.90 Å². The summed E-state index contributed by atoms with van der Waals surface area (Å²) in [5.41, 5.74) is 0.850. The Labute approximate surface area is 171 Å². The zero-order chi connectivity index (χ0) is 20.5. The molecule has 1 N–H and O–H groups in total. The summed E-state index contributed by atoms with van der Waals surface area (Å²) in [4.78, 5) is 14.9. The van der Waals surface area contributed by atoms with Crippen LogP contribution in [0.3, 0.4) is 0 Å². The molecule has 28 heavy (non-hydrogen) atoms. The van der Waals surface area contributed by atoms with E-state index in [-0.39, 0.29) is 23.8 Å². The van der Waals surface area contributed by atoms with Gasteiger partial charge in [0.25, 0.3) is 0 Å². The van der Waals surface area contributed by atoms with Gasteiger partial charge in [-0.3, -0.25) is 4.79 Å². The lowest BCUT2D eigenvalue weighted by Crippen LogP contribution is -2.43. The van der Waals surface area contributed by atoms with Gasteiger partial charge in [-0.15, -0.1) is 0 Å². The van der Waals surface area contributed by atoms with E-state index in [4.69, 9.17) is 0 Å². The third-order valence-corrected chi connectivity index (χ3v) is 6.43. The predicted octanol–water partition coefficient (Wildman–Crippen LogP) is 5.76. The molecule has 2 rings (SSSR count). The van der Waals surface area contributed by atoms with Gasteiger partial charge in [-0.25, -0.2) is 0 Å². The number of carbonyl (C=O) groups is 1. The van der Waals surface area contributed by atoms with Crippen LogP contribution in [0.1, 0.15) is 77.4 Å². The van der Waals surface area contributed by atoms with Gasteiger partial charge in [-0.2, -0.15) is 0 Å². The fourth-order valence-corrected chi connectivity index (χ4v) is 4.22. The average molecular weight is 386 g/mol. The van der Waals surface area contributed by atoms with Gasteiger partial charge < -0.3 is 10.0 Å².